The second kappa shape index (κ2) is 9.07. The number of benzene rings is 1. The van der Waals surface area contributed by atoms with Gasteiger partial charge in [-0.2, -0.15) is 4.99 Å². The van der Waals surface area contributed by atoms with Gasteiger partial charge in [0, 0.05) is 12.2 Å². The van der Waals surface area contributed by atoms with E-state index in [2.05, 4.69) is 61.1 Å². The quantitative estimate of drug-likeness (QED) is 0.704. The minimum absolute atomic E-state index is 0.0130. The minimum Gasteiger partial charge on any atom is -0.325 e. The lowest BCUT2D eigenvalue weighted by atomic mass is 10.1. The molecule has 1 atom stereocenters. The summed E-state index contributed by atoms with van der Waals surface area (Å²) >= 11 is 0. The van der Waals surface area contributed by atoms with Gasteiger partial charge in [0.1, 0.15) is 0 Å². The van der Waals surface area contributed by atoms with Gasteiger partial charge < -0.3 is 5.32 Å². The summed E-state index contributed by atoms with van der Waals surface area (Å²) in [5, 5.41) is 3.47. The summed E-state index contributed by atoms with van der Waals surface area (Å²) in [6.45, 7) is 11.6. The molecule has 6 nitrogen and oxygen atoms in total. The molecule has 0 saturated carbocycles. The third-order valence-electron chi connectivity index (χ3n) is 5.52. The Bertz CT molecular complexity index is 882. The molecule has 154 valence electrons. The molecule has 1 N–H and O–H groups in total. The van der Waals surface area contributed by atoms with E-state index < -0.39 is 0 Å². The van der Waals surface area contributed by atoms with Crippen LogP contribution in [-0.2, 0) is 0 Å². The average Bonchev–Trinajstić information content (AvgIpc) is 3.18. The molecule has 0 spiro atoms. The lowest BCUT2D eigenvalue weighted by molar-refractivity contribution is 0.224. The van der Waals surface area contributed by atoms with Crippen LogP contribution in [0.5, 0.6) is 0 Å². The maximum absolute atomic E-state index is 12.7. The zero-order valence-corrected chi connectivity index (χ0v) is 18.1. The highest BCUT2D eigenvalue weighted by molar-refractivity contribution is 6.14. The molecule has 2 amide bonds. The number of nitrogens with one attached hydrogen (secondary N) is 1. The first-order valence-corrected chi connectivity index (χ1v) is 10.4. The highest BCUT2D eigenvalue weighted by Gasteiger charge is 2.41. The maximum atomic E-state index is 12.7. The van der Waals surface area contributed by atoms with E-state index in [0.29, 0.717) is 25.0 Å². The van der Waals surface area contributed by atoms with Crippen LogP contribution >= 0.6 is 0 Å². The maximum Gasteiger partial charge on any atom is 0.353 e. The number of carbonyl (C=O) groups excluding carboxylic acids is 1. The van der Waals surface area contributed by atoms with Crippen molar-refractivity contribution < 1.29 is 4.79 Å². The van der Waals surface area contributed by atoms with E-state index in [1.54, 1.807) is 4.90 Å². The summed E-state index contributed by atoms with van der Waals surface area (Å²) in [7, 11) is 0. The Balaban J connectivity index is 2.03. The summed E-state index contributed by atoms with van der Waals surface area (Å²) in [6, 6.07) is 10.0. The van der Waals surface area contributed by atoms with Crippen LogP contribution in [0.15, 0.2) is 63.2 Å². The number of urea groups is 1. The van der Waals surface area contributed by atoms with E-state index >= 15 is 0 Å². The second-order valence-electron chi connectivity index (χ2n) is 7.42. The fraction of sp³-hybridized carbons (Fsp3) is 0.435. The molecule has 2 heterocycles. The highest BCUT2D eigenvalue weighted by atomic mass is 16.2. The van der Waals surface area contributed by atoms with Gasteiger partial charge in [0.15, 0.2) is 0 Å². The van der Waals surface area contributed by atoms with E-state index in [0.717, 1.165) is 24.1 Å². The van der Waals surface area contributed by atoms with Crippen molar-refractivity contribution in [3.8, 4) is 0 Å². The molecule has 0 saturated heterocycles. The normalized spacial score (nSPS) is 20.2. The molecule has 2 aliphatic rings. The fourth-order valence-corrected chi connectivity index (χ4v) is 3.43. The number of guanidine groups is 2. The van der Waals surface area contributed by atoms with Gasteiger partial charge in [-0.1, -0.05) is 49.8 Å². The predicted octanol–water partition coefficient (Wildman–Crippen LogP) is 4.84. The average molecular weight is 394 g/mol. The van der Waals surface area contributed by atoms with Crippen LogP contribution in [0.4, 0.5) is 4.79 Å². The molecule has 3 rings (SSSR count). The number of fused-ring (bicyclic) bond motifs is 1. The topological polar surface area (TPSA) is 60.3 Å². The Labute approximate surface area is 173 Å². The molecule has 2 aliphatic heterocycles. The minimum atomic E-state index is -0.275. The van der Waals surface area contributed by atoms with E-state index in [1.807, 2.05) is 25.1 Å². The lowest BCUT2D eigenvalue weighted by Gasteiger charge is -2.36. The Morgan fingerprint density at radius 3 is 2.52 bits per heavy atom. The zero-order chi connectivity index (χ0) is 21.0. The van der Waals surface area contributed by atoms with Gasteiger partial charge >= 0.3 is 6.03 Å². The summed E-state index contributed by atoms with van der Waals surface area (Å²) in [5.74, 6) is 1.22. The van der Waals surface area contributed by atoms with Gasteiger partial charge in [0.2, 0.25) is 11.9 Å². The summed E-state index contributed by atoms with van der Waals surface area (Å²) < 4.78 is 0. The molecule has 0 bridgehead atoms. The molecule has 0 aliphatic carbocycles. The molecule has 0 fully saturated rings. The fourth-order valence-electron chi connectivity index (χ4n) is 3.43. The molecule has 1 unspecified atom stereocenters. The zero-order valence-electron chi connectivity index (χ0n) is 18.1. The first kappa shape index (κ1) is 20.8. The number of hydrogen-bond acceptors (Lipinski definition) is 4. The van der Waals surface area contributed by atoms with Crippen molar-refractivity contribution in [1.82, 2.24) is 15.1 Å². The van der Waals surface area contributed by atoms with Gasteiger partial charge in [-0.15, -0.1) is 0 Å². The van der Waals surface area contributed by atoms with Gasteiger partial charge in [-0.05, 0) is 50.8 Å². The first-order chi connectivity index (χ1) is 14.0. The van der Waals surface area contributed by atoms with Crippen LogP contribution in [0.1, 0.15) is 59.1 Å². The second-order valence-corrected chi connectivity index (χ2v) is 7.42. The Morgan fingerprint density at radius 2 is 1.90 bits per heavy atom. The Morgan fingerprint density at radius 1 is 1.17 bits per heavy atom. The molecular weight excluding hydrogens is 362 g/mol. The van der Waals surface area contributed by atoms with E-state index in [4.69, 9.17) is 4.99 Å². The van der Waals surface area contributed by atoms with Crippen LogP contribution in [-0.4, -0.2) is 40.8 Å². The van der Waals surface area contributed by atoms with Crippen molar-refractivity contribution in [3.05, 3.63) is 58.8 Å². The molecule has 0 aromatic heterocycles. The molecule has 0 radical (unpaired) electrons. The number of rotatable bonds is 6. The monoisotopic (exact) mass is 393 g/mol. The Hall–Kier alpha value is -2.89. The van der Waals surface area contributed by atoms with E-state index in [1.165, 1.54) is 11.1 Å². The van der Waals surface area contributed by atoms with Crippen molar-refractivity contribution in [2.45, 2.75) is 53.5 Å². The number of amides is 2. The van der Waals surface area contributed by atoms with Crippen molar-refractivity contribution in [2.24, 2.45) is 9.98 Å². The van der Waals surface area contributed by atoms with Gasteiger partial charge in [-0.3, -0.25) is 9.80 Å². The first-order valence-electron chi connectivity index (χ1n) is 10.4. The van der Waals surface area contributed by atoms with Crippen molar-refractivity contribution in [1.29, 1.82) is 0 Å². The summed E-state index contributed by atoms with van der Waals surface area (Å²) in [6.07, 6.45) is 4.05. The van der Waals surface area contributed by atoms with Gasteiger partial charge in [0.25, 0.3) is 0 Å². The smallest absolute Gasteiger partial charge is 0.325 e. The SMILES string of the molecule is CC/C(C)=C\C(NC1=NC(=O)N(CC)C2=NCC(c3ccccc3)N12)=C(\C)CC. The molecule has 6 heteroatoms. The van der Waals surface area contributed by atoms with E-state index in [9.17, 15) is 4.79 Å². The van der Waals surface area contributed by atoms with Crippen LogP contribution in [0.3, 0.4) is 0 Å². The molecule has 29 heavy (non-hydrogen) atoms. The molecule has 1 aromatic carbocycles. The van der Waals surface area contributed by atoms with E-state index in [-0.39, 0.29) is 12.1 Å². The number of carbonyl (C=O) groups is 1. The third-order valence-corrected chi connectivity index (χ3v) is 5.52. The summed E-state index contributed by atoms with van der Waals surface area (Å²) in [5.41, 5.74) is 4.65. The molecular formula is C23H31N5O. The van der Waals surface area contributed by atoms with Crippen molar-refractivity contribution in [3.63, 3.8) is 0 Å². The van der Waals surface area contributed by atoms with Crippen LogP contribution in [0, 0.1) is 0 Å². The standard InChI is InChI=1S/C23H31N5O/c1-6-16(4)14-19(17(5)7-2)25-21-26-23(29)27(8-3)22-24-15-20(28(21)22)18-12-10-9-11-13-18/h9-14,20H,6-8,15H2,1-5H3,(H,25,26,29)/b16-14-,19-17+. The van der Waals surface area contributed by atoms with Crippen LogP contribution in [0.2, 0.25) is 0 Å². The highest BCUT2D eigenvalue weighted by Crippen LogP contribution is 2.30. The predicted molar refractivity (Wildman–Crippen MR) is 119 cm³/mol. The number of nitrogens with zero attached hydrogens (tertiary/aromatic N) is 4. The van der Waals surface area contributed by atoms with Gasteiger partial charge in [-0.25, -0.2) is 9.79 Å². The third kappa shape index (κ3) is 4.26. The summed E-state index contributed by atoms with van der Waals surface area (Å²) in [4.78, 5) is 25.5. The van der Waals surface area contributed by atoms with Crippen molar-refractivity contribution in [2.75, 3.05) is 13.1 Å². The van der Waals surface area contributed by atoms with Gasteiger partial charge in [0.05, 0.1) is 12.6 Å². The number of allylic oxidation sites excluding steroid dienone is 3. The molecule has 1 aromatic rings. The number of aliphatic imine (C=N–C) groups is 2. The lowest BCUT2D eigenvalue weighted by Crippen LogP contribution is -2.56. The largest absolute Gasteiger partial charge is 0.353 e. The Kier molecular flexibility index (Phi) is 6.52. The van der Waals surface area contributed by atoms with Crippen LogP contribution < -0.4 is 5.32 Å². The van der Waals surface area contributed by atoms with Crippen LogP contribution in [0.25, 0.3) is 0 Å². The number of hydrogen-bond donors (Lipinski definition) is 1. The van der Waals surface area contributed by atoms with Crippen molar-refractivity contribution >= 4 is 18.0 Å².